The number of carbonyl (C=O) groups is 1. The van der Waals surface area contributed by atoms with E-state index in [1.165, 1.54) is 0 Å². The number of Topliss-reactive ketones (excluding diaryl/α,β-unsaturated/α-hetero) is 1. The fourth-order valence-electron chi connectivity index (χ4n) is 2.01. The van der Waals surface area contributed by atoms with Crippen LogP contribution in [0.15, 0.2) is 24.4 Å². The van der Waals surface area contributed by atoms with Gasteiger partial charge in [0.15, 0.2) is 5.78 Å². The van der Waals surface area contributed by atoms with Crippen LogP contribution < -0.4 is 5.32 Å². The Hall–Kier alpha value is -1.32. The molecule has 0 aliphatic heterocycles. The second kappa shape index (κ2) is 4.90. The predicted molar refractivity (Wildman–Crippen MR) is 70.8 cm³/mol. The van der Waals surface area contributed by atoms with Crippen LogP contribution >= 0.6 is 11.6 Å². The van der Waals surface area contributed by atoms with E-state index < -0.39 is 0 Å². The lowest BCUT2D eigenvalue weighted by molar-refractivity contribution is 0.0946. The normalized spacial score (nSPS) is 12.9. The molecule has 0 spiro atoms. The van der Waals surface area contributed by atoms with Crippen LogP contribution in [0.2, 0.25) is 5.02 Å². The van der Waals surface area contributed by atoms with Crippen molar-refractivity contribution in [3.8, 4) is 0 Å². The summed E-state index contributed by atoms with van der Waals surface area (Å²) in [7, 11) is 1.80. The van der Waals surface area contributed by atoms with Crippen molar-refractivity contribution in [2.45, 2.75) is 19.4 Å². The van der Waals surface area contributed by atoms with E-state index >= 15 is 0 Å². The number of ketones is 1. The third kappa shape index (κ3) is 2.21. The van der Waals surface area contributed by atoms with E-state index in [1.807, 2.05) is 19.1 Å². The third-order valence-corrected chi connectivity index (χ3v) is 3.22. The van der Waals surface area contributed by atoms with E-state index in [0.29, 0.717) is 5.02 Å². The van der Waals surface area contributed by atoms with Gasteiger partial charge in [-0.15, -0.1) is 0 Å². The Balaban J connectivity index is 2.46. The van der Waals surface area contributed by atoms with Gasteiger partial charge < -0.3 is 10.3 Å². The Morgan fingerprint density at radius 1 is 1.53 bits per heavy atom. The molecule has 2 N–H and O–H groups in total. The predicted octanol–water partition coefficient (Wildman–Crippen LogP) is 3.00. The molecule has 0 aliphatic carbocycles. The summed E-state index contributed by atoms with van der Waals surface area (Å²) >= 11 is 5.91. The van der Waals surface area contributed by atoms with Gasteiger partial charge in [-0.1, -0.05) is 24.6 Å². The van der Waals surface area contributed by atoms with E-state index in [1.54, 1.807) is 19.3 Å². The second-order valence-electron chi connectivity index (χ2n) is 4.01. The minimum atomic E-state index is -0.135. The molecule has 0 aliphatic rings. The van der Waals surface area contributed by atoms with Gasteiger partial charge in [-0.05, 0) is 25.6 Å². The number of nitrogens with one attached hydrogen (secondary N) is 2. The van der Waals surface area contributed by atoms with Crippen LogP contribution in [0.1, 0.15) is 23.7 Å². The SMILES string of the molecule is CCC(NC)C(=O)c1c[nH]c2cc(Cl)ccc12. The summed E-state index contributed by atoms with van der Waals surface area (Å²) in [5, 5.41) is 4.62. The van der Waals surface area contributed by atoms with E-state index in [0.717, 1.165) is 22.9 Å². The summed E-state index contributed by atoms with van der Waals surface area (Å²) in [6, 6.07) is 5.37. The average Bonchev–Trinajstić information content (AvgIpc) is 2.73. The Labute approximate surface area is 105 Å². The summed E-state index contributed by atoms with van der Waals surface area (Å²) in [6.07, 6.45) is 2.53. The van der Waals surface area contributed by atoms with Gasteiger partial charge in [0.05, 0.1) is 6.04 Å². The van der Waals surface area contributed by atoms with Crippen molar-refractivity contribution in [1.29, 1.82) is 0 Å². The molecule has 1 atom stereocenters. The Bertz CT molecular complexity index is 543. The topological polar surface area (TPSA) is 44.9 Å². The van der Waals surface area contributed by atoms with Gasteiger partial charge in [-0.2, -0.15) is 0 Å². The largest absolute Gasteiger partial charge is 0.360 e. The highest BCUT2D eigenvalue weighted by molar-refractivity contribution is 6.31. The maximum absolute atomic E-state index is 12.3. The van der Waals surface area contributed by atoms with E-state index in [9.17, 15) is 4.79 Å². The summed E-state index contributed by atoms with van der Waals surface area (Å²) < 4.78 is 0. The van der Waals surface area contributed by atoms with Crippen molar-refractivity contribution >= 4 is 28.3 Å². The lowest BCUT2D eigenvalue weighted by atomic mass is 10.0. The number of rotatable bonds is 4. The number of H-pyrrole nitrogens is 1. The minimum Gasteiger partial charge on any atom is -0.360 e. The highest BCUT2D eigenvalue weighted by Gasteiger charge is 2.19. The first kappa shape index (κ1) is 12.1. The molecule has 2 aromatic rings. The fraction of sp³-hybridized carbons (Fsp3) is 0.308. The highest BCUT2D eigenvalue weighted by Crippen LogP contribution is 2.23. The zero-order valence-corrected chi connectivity index (χ0v) is 10.6. The number of hydrogen-bond acceptors (Lipinski definition) is 2. The molecule has 0 saturated heterocycles. The van der Waals surface area contributed by atoms with Crippen molar-refractivity contribution < 1.29 is 4.79 Å². The van der Waals surface area contributed by atoms with Gasteiger partial charge in [0.1, 0.15) is 0 Å². The Morgan fingerprint density at radius 3 is 2.94 bits per heavy atom. The molecule has 17 heavy (non-hydrogen) atoms. The molecule has 4 heteroatoms. The average molecular weight is 251 g/mol. The van der Waals surface area contributed by atoms with Gasteiger partial charge in [-0.25, -0.2) is 0 Å². The lowest BCUT2D eigenvalue weighted by Gasteiger charge is -2.11. The van der Waals surface area contributed by atoms with Crippen molar-refractivity contribution in [2.24, 2.45) is 0 Å². The lowest BCUT2D eigenvalue weighted by Crippen LogP contribution is -2.33. The van der Waals surface area contributed by atoms with Crippen LogP contribution in [0, 0.1) is 0 Å². The molecular weight excluding hydrogens is 236 g/mol. The molecule has 90 valence electrons. The minimum absolute atomic E-state index is 0.114. The van der Waals surface area contributed by atoms with Crippen LogP contribution in [0.25, 0.3) is 10.9 Å². The molecule has 0 bridgehead atoms. The number of likely N-dealkylation sites (N-methyl/N-ethyl adjacent to an activating group) is 1. The molecule has 3 nitrogen and oxygen atoms in total. The van der Waals surface area contributed by atoms with E-state index in [4.69, 9.17) is 11.6 Å². The molecule has 0 radical (unpaired) electrons. The summed E-state index contributed by atoms with van der Waals surface area (Å²) in [5.41, 5.74) is 1.62. The van der Waals surface area contributed by atoms with Crippen LogP contribution in [-0.2, 0) is 0 Å². The third-order valence-electron chi connectivity index (χ3n) is 2.98. The van der Waals surface area contributed by atoms with Crippen LogP contribution in [0.3, 0.4) is 0 Å². The van der Waals surface area contributed by atoms with E-state index in [-0.39, 0.29) is 11.8 Å². The fourth-order valence-corrected chi connectivity index (χ4v) is 2.18. The van der Waals surface area contributed by atoms with Gasteiger partial charge in [-0.3, -0.25) is 4.79 Å². The van der Waals surface area contributed by atoms with Gasteiger partial charge in [0.25, 0.3) is 0 Å². The number of halogens is 1. The maximum atomic E-state index is 12.3. The smallest absolute Gasteiger partial charge is 0.181 e. The monoisotopic (exact) mass is 250 g/mol. The van der Waals surface area contributed by atoms with Crippen molar-refractivity contribution in [2.75, 3.05) is 7.05 Å². The molecule has 0 saturated carbocycles. The number of benzene rings is 1. The molecule has 1 heterocycles. The number of aromatic nitrogens is 1. The molecule has 1 aromatic heterocycles. The van der Waals surface area contributed by atoms with Gasteiger partial charge in [0.2, 0.25) is 0 Å². The number of aromatic amines is 1. The molecule has 1 aromatic carbocycles. The standard InChI is InChI=1S/C13H15ClN2O/c1-3-11(15-2)13(17)10-7-16-12-6-8(14)4-5-9(10)12/h4-7,11,15-16H,3H2,1-2H3. The van der Waals surface area contributed by atoms with Gasteiger partial charge >= 0.3 is 0 Å². The molecule has 0 amide bonds. The quantitative estimate of drug-likeness (QED) is 0.820. The van der Waals surface area contributed by atoms with Gasteiger partial charge in [0, 0.05) is 27.7 Å². The molecule has 0 fully saturated rings. The Kier molecular flexibility index (Phi) is 3.50. The number of hydrogen-bond donors (Lipinski definition) is 2. The van der Waals surface area contributed by atoms with Crippen LogP contribution in [-0.4, -0.2) is 23.9 Å². The molecule has 2 rings (SSSR count). The zero-order valence-electron chi connectivity index (χ0n) is 9.88. The Morgan fingerprint density at radius 2 is 2.29 bits per heavy atom. The van der Waals surface area contributed by atoms with Crippen molar-refractivity contribution in [1.82, 2.24) is 10.3 Å². The zero-order chi connectivity index (χ0) is 12.4. The second-order valence-corrected chi connectivity index (χ2v) is 4.44. The summed E-state index contributed by atoms with van der Waals surface area (Å²) in [6.45, 7) is 1.99. The highest BCUT2D eigenvalue weighted by atomic mass is 35.5. The van der Waals surface area contributed by atoms with Crippen LogP contribution in [0.5, 0.6) is 0 Å². The summed E-state index contributed by atoms with van der Waals surface area (Å²) in [4.78, 5) is 15.3. The number of fused-ring (bicyclic) bond motifs is 1. The molecule has 1 unspecified atom stereocenters. The first-order chi connectivity index (χ1) is 8.17. The first-order valence-electron chi connectivity index (χ1n) is 5.65. The van der Waals surface area contributed by atoms with Crippen molar-refractivity contribution in [3.05, 3.63) is 35.0 Å². The van der Waals surface area contributed by atoms with Crippen molar-refractivity contribution in [3.63, 3.8) is 0 Å². The molecular formula is C13H15ClN2O. The number of carbonyl (C=O) groups excluding carboxylic acids is 1. The van der Waals surface area contributed by atoms with E-state index in [2.05, 4.69) is 10.3 Å². The summed E-state index contributed by atoms with van der Waals surface area (Å²) in [5.74, 6) is 0.114. The maximum Gasteiger partial charge on any atom is 0.181 e. The first-order valence-corrected chi connectivity index (χ1v) is 6.03. The van der Waals surface area contributed by atoms with Crippen LogP contribution in [0.4, 0.5) is 0 Å².